The molecule has 3 rings (SSSR count). The van der Waals surface area contributed by atoms with Crippen LogP contribution in [0.25, 0.3) is 22.6 Å². The monoisotopic (exact) mass is 284 g/mol. The summed E-state index contributed by atoms with van der Waals surface area (Å²) in [5.41, 5.74) is 3.01. The molecule has 0 saturated carbocycles. The molecule has 0 radical (unpaired) electrons. The van der Waals surface area contributed by atoms with Gasteiger partial charge in [0.05, 0.1) is 0 Å². The number of imidazole rings is 1. The summed E-state index contributed by atoms with van der Waals surface area (Å²) in [5, 5.41) is 0. The van der Waals surface area contributed by atoms with Crippen LogP contribution in [0.15, 0.2) is 27.8 Å². The zero-order valence-corrected chi connectivity index (χ0v) is 12.2. The molecular weight excluding hydrogens is 268 g/mol. The highest BCUT2D eigenvalue weighted by atomic mass is 16.2. The number of rotatable bonds is 2. The number of fused-ring (bicyclic) bond motifs is 1. The Hall–Kier alpha value is -2.63. The average molecular weight is 284 g/mol. The number of hydrogen-bond acceptors (Lipinski definition) is 3. The first kappa shape index (κ1) is 13.4. The molecule has 3 aromatic rings. The smallest absolute Gasteiger partial charge is 0.330 e. The molecule has 108 valence electrons. The number of hydrogen-bond donors (Lipinski definition) is 2. The Morgan fingerprint density at radius 2 is 1.95 bits per heavy atom. The summed E-state index contributed by atoms with van der Waals surface area (Å²) in [4.78, 5) is 33.5. The van der Waals surface area contributed by atoms with Crippen LogP contribution in [0.5, 0.6) is 0 Å². The van der Waals surface area contributed by atoms with E-state index in [0.29, 0.717) is 23.5 Å². The molecular formula is C15H16N4O2. The number of H-pyrrole nitrogens is 2. The third-order valence-electron chi connectivity index (χ3n) is 3.81. The van der Waals surface area contributed by atoms with Crippen molar-refractivity contribution in [3.8, 4) is 11.4 Å². The Balaban J connectivity index is 2.37. The molecule has 1 aromatic carbocycles. The van der Waals surface area contributed by atoms with E-state index in [1.807, 2.05) is 39.0 Å². The highest BCUT2D eigenvalue weighted by Crippen LogP contribution is 2.24. The van der Waals surface area contributed by atoms with Crippen LogP contribution >= 0.6 is 0 Å². The van der Waals surface area contributed by atoms with Gasteiger partial charge in [0.15, 0.2) is 5.65 Å². The first-order valence-electron chi connectivity index (χ1n) is 6.82. The van der Waals surface area contributed by atoms with Crippen LogP contribution in [0.4, 0.5) is 0 Å². The van der Waals surface area contributed by atoms with Crippen molar-refractivity contribution in [3.05, 3.63) is 50.2 Å². The summed E-state index contributed by atoms with van der Waals surface area (Å²) < 4.78 is 1.45. The lowest BCUT2D eigenvalue weighted by atomic mass is 10.0. The Morgan fingerprint density at radius 3 is 2.67 bits per heavy atom. The molecule has 0 aliphatic carbocycles. The van der Waals surface area contributed by atoms with Gasteiger partial charge in [-0.3, -0.25) is 14.3 Å². The molecule has 0 aliphatic rings. The van der Waals surface area contributed by atoms with E-state index in [2.05, 4.69) is 15.0 Å². The van der Waals surface area contributed by atoms with Gasteiger partial charge in [-0.25, -0.2) is 9.78 Å². The molecule has 6 nitrogen and oxygen atoms in total. The largest absolute Gasteiger partial charge is 0.332 e. The summed E-state index contributed by atoms with van der Waals surface area (Å²) in [6, 6.07) is 5.92. The van der Waals surface area contributed by atoms with Crippen molar-refractivity contribution in [1.82, 2.24) is 19.5 Å². The normalized spacial score (nSPS) is 11.2. The third kappa shape index (κ3) is 1.99. The van der Waals surface area contributed by atoms with E-state index in [1.54, 1.807) is 0 Å². The Kier molecular flexibility index (Phi) is 3.01. The minimum atomic E-state index is -0.441. The summed E-state index contributed by atoms with van der Waals surface area (Å²) >= 11 is 0. The van der Waals surface area contributed by atoms with E-state index in [9.17, 15) is 9.59 Å². The van der Waals surface area contributed by atoms with Crippen molar-refractivity contribution < 1.29 is 0 Å². The lowest BCUT2D eigenvalue weighted by molar-refractivity contribution is 0.720. The number of aromatic amines is 2. The molecule has 0 unspecified atom stereocenters. The van der Waals surface area contributed by atoms with Gasteiger partial charge in [-0.05, 0) is 31.9 Å². The lowest BCUT2D eigenvalue weighted by Crippen LogP contribution is -2.29. The van der Waals surface area contributed by atoms with Crippen molar-refractivity contribution in [2.24, 2.45) is 0 Å². The molecule has 6 heteroatoms. The van der Waals surface area contributed by atoms with Crippen LogP contribution in [0.1, 0.15) is 18.1 Å². The van der Waals surface area contributed by atoms with Crippen molar-refractivity contribution in [2.45, 2.75) is 27.3 Å². The van der Waals surface area contributed by atoms with E-state index in [-0.39, 0.29) is 0 Å². The lowest BCUT2D eigenvalue weighted by Gasteiger charge is -2.05. The molecule has 0 saturated heterocycles. The van der Waals surface area contributed by atoms with Gasteiger partial charge in [0.1, 0.15) is 11.3 Å². The van der Waals surface area contributed by atoms with Crippen LogP contribution in [0.3, 0.4) is 0 Å². The van der Waals surface area contributed by atoms with Crippen LogP contribution < -0.4 is 11.2 Å². The summed E-state index contributed by atoms with van der Waals surface area (Å²) in [7, 11) is 0. The first-order valence-corrected chi connectivity index (χ1v) is 6.82. The maximum atomic E-state index is 11.9. The number of nitrogens with zero attached hydrogens (tertiary/aromatic N) is 2. The summed E-state index contributed by atoms with van der Waals surface area (Å²) in [5.74, 6) is 0.601. The molecule has 21 heavy (non-hydrogen) atoms. The predicted octanol–water partition coefficient (Wildman–Crippen LogP) is 1.72. The fourth-order valence-corrected chi connectivity index (χ4v) is 2.47. The Morgan fingerprint density at radius 1 is 1.19 bits per heavy atom. The minimum Gasteiger partial charge on any atom is -0.332 e. The van der Waals surface area contributed by atoms with Crippen molar-refractivity contribution in [3.63, 3.8) is 0 Å². The molecule has 0 spiro atoms. The van der Waals surface area contributed by atoms with E-state index >= 15 is 0 Å². The number of nitrogens with one attached hydrogen (secondary N) is 2. The first-order chi connectivity index (χ1) is 10.0. The van der Waals surface area contributed by atoms with Gasteiger partial charge in [0, 0.05) is 12.1 Å². The standard InChI is InChI=1S/C15H16N4O2/c1-4-19-13-11(14(20)18-15(19)21)16-12(17-13)10-7-5-6-8(2)9(10)3/h5-7H,4H2,1-3H3,(H,16,17)(H,18,20,21). The predicted molar refractivity (Wildman–Crippen MR) is 81.6 cm³/mol. The topological polar surface area (TPSA) is 83.5 Å². The maximum absolute atomic E-state index is 11.9. The second kappa shape index (κ2) is 4.73. The van der Waals surface area contributed by atoms with E-state index < -0.39 is 11.2 Å². The molecule has 2 N–H and O–H groups in total. The minimum absolute atomic E-state index is 0.326. The molecule has 2 heterocycles. The van der Waals surface area contributed by atoms with Crippen molar-refractivity contribution in [1.29, 1.82) is 0 Å². The molecule has 0 atom stereocenters. The second-order valence-corrected chi connectivity index (χ2v) is 5.04. The van der Waals surface area contributed by atoms with E-state index in [1.165, 1.54) is 4.57 Å². The van der Waals surface area contributed by atoms with Crippen LogP contribution in [-0.2, 0) is 6.54 Å². The summed E-state index contributed by atoms with van der Waals surface area (Å²) in [6.07, 6.45) is 0. The van der Waals surface area contributed by atoms with Crippen LogP contribution in [0.2, 0.25) is 0 Å². The Labute approximate surface area is 120 Å². The van der Waals surface area contributed by atoms with Gasteiger partial charge in [-0.2, -0.15) is 0 Å². The van der Waals surface area contributed by atoms with Gasteiger partial charge in [0.25, 0.3) is 5.56 Å². The van der Waals surface area contributed by atoms with Gasteiger partial charge in [-0.1, -0.05) is 18.2 Å². The third-order valence-corrected chi connectivity index (χ3v) is 3.81. The SMILES string of the molecule is CCn1c(=O)[nH]c(=O)c2[nH]c(-c3cccc(C)c3C)nc21. The maximum Gasteiger partial charge on any atom is 0.330 e. The van der Waals surface area contributed by atoms with Gasteiger partial charge in [-0.15, -0.1) is 0 Å². The Bertz CT molecular complexity index is 946. The summed E-state index contributed by atoms with van der Waals surface area (Å²) in [6.45, 7) is 6.32. The number of aryl methyl sites for hydroxylation is 2. The van der Waals surface area contributed by atoms with Crippen LogP contribution in [-0.4, -0.2) is 19.5 Å². The zero-order chi connectivity index (χ0) is 15.1. The fourth-order valence-electron chi connectivity index (χ4n) is 2.47. The second-order valence-electron chi connectivity index (χ2n) is 5.04. The van der Waals surface area contributed by atoms with Gasteiger partial charge in [0.2, 0.25) is 0 Å². The molecule has 0 amide bonds. The number of aromatic nitrogens is 4. The molecule has 2 aromatic heterocycles. The number of benzene rings is 1. The van der Waals surface area contributed by atoms with E-state index in [4.69, 9.17) is 0 Å². The highest BCUT2D eigenvalue weighted by Gasteiger charge is 2.14. The average Bonchev–Trinajstić information content (AvgIpc) is 2.87. The highest BCUT2D eigenvalue weighted by molar-refractivity contribution is 5.76. The fraction of sp³-hybridized carbons (Fsp3) is 0.267. The zero-order valence-electron chi connectivity index (χ0n) is 12.2. The molecule has 0 aliphatic heterocycles. The molecule has 0 bridgehead atoms. The van der Waals surface area contributed by atoms with Crippen molar-refractivity contribution >= 4 is 11.2 Å². The quantitative estimate of drug-likeness (QED) is 0.751. The van der Waals surface area contributed by atoms with E-state index in [0.717, 1.165) is 16.7 Å². The van der Waals surface area contributed by atoms with Crippen molar-refractivity contribution in [2.75, 3.05) is 0 Å². The molecule has 0 fully saturated rings. The van der Waals surface area contributed by atoms with Crippen LogP contribution in [0, 0.1) is 13.8 Å². The van der Waals surface area contributed by atoms with Gasteiger partial charge >= 0.3 is 5.69 Å². The van der Waals surface area contributed by atoms with Gasteiger partial charge < -0.3 is 4.98 Å².